The molecule has 1 unspecified atom stereocenters. The molecule has 0 aromatic heterocycles. The van der Waals surface area contributed by atoms with Crippen LogP contribution >= 0.6 is 0 Å². The Kier molecular flexibility index (Phi) is 6.83. The molecule has 5 heteroatoms. The molecule has 5 nitrogen and oxygen atoms in total. The number of carbonyl (C=O) groups excluding carboxylic acids is 2. The maximum absolute atomic E-state index is 12.0. The van der Waals surface area contributed by atoms with E-state index in [1.165, 1.54) is 25.7 Å². The Morgan fingerprint density at radius 1 is 0.864 bits per heavy atom. The van der Waals surface area contributed by atoms with Crippen molar-refractivity contribution < 1.29 is 14.3 Å². The van der Waals surface area contributed by atoms with Gasteiger partial charge in [-0.3, -0.25) is 0 Å². The van der Waals surface area contributed by atoms with Gasteiger partial charge in [0.05, 0.1) is 0 Å². The van der Waals surface area contributed by atoms with Crippen LogP contribution in [-0.2, 0) is 14.3 Å². The minimum absolute atomic E-state index is 0.142. The predicted octanol–water partition coefficient (Wildman–Crippen LogP) is 2.26. The summed E-state index contributed by atoms with van der Waals surface area (Å²) < 4.78 is 4.94. The first-order valence-electron chi connectivity index (χ1n) is 8.84. The van der Waals surface area contributed by atoms with Crippen LogP contribution in [0.4, 0.5) is 0 Å². The van der Waals surface area contributed by atoms with E-state index in [1.54, 1.807) is 0 Å². The maximum Gasteiger partial charge on any atom is 0.330 e. The number of ether oxygens (including phenoxy) is 1. The highest BCUT2D eigenvalue weighted by molar-refractivity contribution is 5.90. The second kappa shape index (κ2) is 8.63. The van der Waals surface area contributed by atoms with Gasteiger partial charge in [0.2, 0.25) is 0 Å². The van der Waals surface area contributed by atoms with Crippen LogP contribution < -0.4 is 11.5 Å². The number of rotatable bonds is 5. The van der Waals surface area contributed by atoms with Crippen molar-refractivity contribution in [2.45, 2.75) is 82.7 Å². The zero-order chi connectivity index (χ0) is 15.9. The van der Waals surface area contributed by atoms with Crippen LogP contribution in [0.3, 0.4) is 0 Å². The molecule has 0 aromatic carbocycles. The molecule has 0 saturated heterocycles. The lowest BCUT2D eigenvalue weighted by molar-refractivity contribution is -0.162. The molecule has 2 rings (SSSR count). The molecule has 22 heavy (non-hydrogen) atoms. The number of esters is 2. The van der Waals surface area contributed by atoms with Crippen LogP contribution in [0.1, 0.15) is 70.6 Å². The highest BCUT2D eigenvalue weighted by Gasteiger charge is 2.31. The molecule has 4 N–H and O–H groups in total. The van der Waals surface area contributed by atoms with Crippen LogP contribution in [0.15, 0.2) is 0 Å². The summed E-state index contributed by atoms with van der Waals surface area (Å²) in [6.45, 7) is 0. The molecule has 2 atom stereocenters. The molecular formula is C17H30N2O3. The van der Waals surface area contributed by atoms with E-state index in [0.717, 1.165) is 38.5 Å². The second-order valence-electron chi connectivity index (χ2n) is 7.01. The van der Waals surface area contributed by atoms with Gasteiger partial charge in [-0.2, -0.15) is 0 Å². The molecule has 2 aliphatic carbocycles. The van der Waals surface area contributed by atoms with E-state index in [0.29, 0.717) is 12.3 Å². The van der Waals surface area contributed by atoms with Gasteiger partial charge >= 0.3 is 11.9 Å². The third-order valence-corrected chi connectivity index (χ3v) is 5.25. The highest BCUT2D eigenvalue weighted by atomic mass is 16.6. The lowest BCUT2D eigenvalue weighted by Crippen LogP contribution is -2.44. The van der Waals surface area contributed by atoms with Crippen molar-refractivity contribution in [1.82, 2.24) is 0 Å². The highest BCUT2D eigenvalue weighted by Crippen LogP contribution is 2.28. The number of hydrogen-bond acceptors (Lipinski definition) is 5. The zero-order valence-electron chi connectivity index (χ0n) is 13.5. The van der Waals surface area contributed by atoms with Crippen LogP contribution in [0, 0.1) is 11.8 Å². The van der Waals surface area contributed by atoms with E-state index in [2.05, 4.69) is 0 Å². The molecule has 0 bridgehead atoms. The first-order chi connectivity index (χ1) is 10.6. The second-order valence-corrected chi connectivity index (χ2v) is 7.01. The molecule has 0 spiro atoms. The van der Waals surface area contributed by atoms with E-state index >= 15 is 0 Å². The van der Waals surface area contributed by atoms with Crippen molar-refractivity contribution in [3.05, 3.63) is 0 Å². The van der Waals surface area contributed by atoms with Gasteiger partial charge in [-0.15, -0.1) is 0 Å². The summed E-state index contributed by atoms with van der Waals surface area (Å²) in [4.78, 5) is 24.0. The van der Waals surface area contributed by atoms with Crippen LogP contribution in [0.5, 0.6) is 0 Å². The van der Waals surface area contributed by atoms with E-state index in [-0.39, 0.29) is 5.92 Å². The summed E-state index contributed by atoms with van der Waals surface area (Å²) in [5, 5.41) is 0. The minimum atomic E-state index is -0.703. The van der Waals surface area contributed by atoms with Crippen molar-refractivity contribution in [3.63, 3.8) is 0 Å². The molecule has 2 aliphatic rings. The van der Waals surface area contributed by atoms with Crippen molar-refractivity contribution >= 4 is 11.9 Å². The summed E-state index contributed by atoms with van der Waals surface area (Å²) in [7, 11) is 0. The lowest BCUT2D eigenvalue weighted by Gasteiger charge is -2.26. The van der Waals surface area contributed by atoms with Crippen molar-refractivity contribution in [1.29, 1.82) is 0 Å². The Bertz CT molecular complexity index is 374. The van der Waals surface area contributed by atoms with Crippen molar-refractivity contribution in [2.24, 2.45) is 23.3 Å². The largest absolute Gasteiger partial charge is 0.391 e. The fourth-order valence-electron chi connectivity index (χ4n) is 3.81. The smallest absolute Gasteiger partial charge is 0.330 e. The maximum atomic E-state index is 12.0. The van der Waals surface area contributed by atoms with Gasteiger partial charge in [0.15, 0.2) is 0 Å². The molecule has 0 heterocycles. The molecule has 0 radical (unpaired) electrons. The fraction of sp³-hybridized carbons (Fsp3) is 0.882. The molecule has 126 valence electrons. The van der Waals surface area contributed by atoms with E-state index in [4.69, 9.17) is 16.2 Å². The van der Waals surface area contributed by atoms with Gasteiger partial charge in [-0.05, 0) is 31.1 Å². The monoisotopic (exact) mass is 310 g/mol. The van der Waals surface area contributed by atoms with Crippen molar-refractivity contribution in [3.8, 4) is 0 Å². The zero-order valence-corrected chi connectivity index (χ0v) is 13.5. The number of nitrogens with two attached hydrogens (primary N) is 2. The van der Waals surface area contributed by atoms with Gasteiger partial charge < -0.3 is 16.2 Å². The quantitative estimate of drug-likeness (QED) is 0.600. The Hall–Kier alpha value is -0.940. The molecule has 2 fully saturated rings. The molecule has 0 aromatic rings. The molecule has 2 saturated carbocycles. The standard InChI is InChI=1S/C17H30N2O3/c18-14(11-12-7-3-1-4-8-12)16(20)22-17(21)15(19)13-9-5-2-6-10-13/h12-15H,1-11,18-19H2/t14-,15?/m0/s1. The first kappa shape index (κ1) is 17.4. The molecular weight excluding hydrogens is 280 g/mol. The minimum Gasteiger partial charge on any atom is -0.391 e. The van der Waals surface area contributed by atoms with Crippen LogP contribution in [0.2, 0.25) is 0 Å². The normalized spacial score (nSPS) is 23.7. The van der Waals surface area contributed by atoms with Gasteiger partial charge in [-0.25, -0.2) is 9.59 Å². The third-order valence-electron chi connectivity index (χ3n) is 5.25. The third kappa shape index (κ3) is 5.06. The predicted molar refractivity (Wildman–Crippen MR) is 84.8 cm³/mol. The lowest BCUT2D eigenvalue weighted by atomic mass is 9.84. The van der Waals surface area contributed by atoms with E-state index in [9.17, 15) is 9.59 Å². The number of carbonyl (C=O) groups is 2. The summed E-state index contributed by atoms with van der Waals surface area (Å²) in [5.74, 6) is -0.583. The van der Waals surface area contributed by atoms with Crippen molar-refractivity contribution in [2.75, 3.05) is 0 Å². The Labute approximate surface area is 133 Å². The summed E-state index contributed by atoms with van der Waals surface area (Å²) in [5.41, 5.74) is 11.9. The summed E-state index contributed by atoms with van der Waals surface area (Å²) in [6, 6.07) is -1.39. The molecule has 0 aliphatic heterocycles. The average molecular weight is 310 g/mol. The Balaban J connectivity index is 1.75. The molecule has 0 amide bonds. The van der Waals surface area contributed by atoms with Crippen LogP contribution in [0.25, 0.3) is 0 Å². The average Bonchev–Trinajstić information content (AvgIpc) is 2.55. The SMILES string of the molecule is NC(C(=O)OC(=O)[C@@H](N)CC1CCCCC1)C1CCCCC1. The first-order valence-corrected chi connectivity index (χ1v) is 8.84. The topological polar surface area (TPSA) is 95.4 Å². The van der Waals surface area contributed by atoms with Gasteiger partial charge in [-0.1, -0.05) is 51.4 Å². The van der Waals surface area contributed by atoms with E-state index in [1.807, 2.05) is 0 Å². The Morgan fingerprint density at radius 3 is 2.00 bits per heavy atom. The van der Waals surface area contributed by atoms with Crippen LogP contribution in [-0.4, -0.2) is 24.0 Å². The number of hydrogen-bond donors (Lipinski definition) is 2. The van der Waals surface area contributed by atoms with E-state index < -0.39 is 24.0 Å². The fourth-order valence-corrected chi connectivity index (χ4v) is 3.81. The Morgan fingerprint density at radius 2 is 1.41 bits per heavy atom. The van der Waals surface area contributed by atoms with Gasteiger partial charge in [0.25, 0.3) is 0 Å². The van der Waals surface area contributed by atoms with Gasteiger partial charge in [0, 0.05) is 0 Å². The summed E-state index contributed by atoms with van der Waals surface area (Å²) in [6.07, 6.45) is 11.8. The van der Waals surface area contributed by atoms with Gasteiger partial charge in [0.1, 0.15) is 12.1 Å². The summed E-state index contributed by atoms with van der Waals surface area (Å²) >= 11 is 0.